The minimum atomic E-state index is -3.07. The van der Waals surface area contributed by atoms with Crippen LogP contribution in [-0.2, 0) is 4.74 Å². The molecule has 1 unspecified atom stereocenters. The van der Waals surface area contributed by atoms with Crippen molar-refractivity contribution in [2.45, 2.75) is 57.6 Å². The predicted molar refractivity (Wildman–Crippen MR) is 62.6 cm³/mol. The Morgan fingerprint density at radius 3 is 2.56 bits per heavy atom. The topological polar surface area (TPSA) is 49.8 Å². The SMILES string of the molecule is CC(C)(C)OC(=O)N1CCCC1C(F)(F)CCO. The van der Waals surface area contributed by atoms with Crippen LogP contribution >= 0.6 is 0 Å². The quantitative estimate of drug-likeness (QED) is 0.852. The monoisotopic (exact) mass is 265 g/mol. The summed E-state index contributed by atoms with van der Waals surface area (Å²) < 4.78 is 32.6. The molecule has 1 fully saturated rings. The summed E-state index contributed by atoms with van der Waals surface area (Å²) in [5.41, 5.74) is -0.698. The first-order valence-electron chi connectivity index (χ1n) is 6.16. The zero-order chi connectivity index (χ0) is 14.0. The Hall–Kier alpha value is -0.910. The molecule has 6 heteroatoms. The molecule has 1 aliphatic heterocycles. The molecule has 1 N–H and O–H groups in total. The lowest BCUT2D eigenvalue weighted by Crippen LogP contribution is -2.48. The third kappa shape index (κ3) is 3.80. The number of halogens is 2. The van der Waals surface area contributed by atoms with Crippen molar-refractivity contribution in [1.82, 2.24) is 4.90 Å². The number of rotatable bonds is 3. The third-order valence-corrected chi connectivity index (χ3v) is 2.81. The molecule has 18 heavy (non-hydrogen) atoms. The average Bonchev–Trinajstić information content (AvgIpc) is 2.63. The molecular formula is C12H21F2NO3. The van der Waals surface area contributed by atoms with Crippen LogP contribution in [0.3, 0.4) is 0 Å². The Morgan fingerprint density at radius 1 is 1.44 bits per heavy atom. The standard InChI is InChI=1S/C12H21F2NO3/c1-11(2,3)18-10(17)15-7-4-5-9(15)12(13,14)6-8-16/h9,16H,4-8H2,1-3H3. The van der Waals surface area contributed by atoms with Crippen molar-refractivity contribution in [2.75, 3.05) is 13.2 Å². The second kappa shape index (κ2) is 5.38. The van der Waals surface area contributed by atoms with Crippen LogP contribution in [0.1, 0.15) is 40.0 Å². The van der Waals surface area contributed by atoms with Crippen LogP contribution in [0.5, 0.6) is 0 Å². The van der Waals surface area contributed by atoms with Crippen LogP contribution in [0, 0.1) is 0 Å². The van der Waals surface area contributed by atoms with E-state index >= 15 is 0 Å². The zero-order valence-corrected chi connectivity index (χ0v) is 11.1. The van der Waals surface area contributed by atoms with Gasteiger partial charge in [0.1, 0.15) is 5.60 Å². The molecule has 0 spiro atoms. The van der Waals surface area contributed by atoms with Crippen LogP contribution in [-0.4, -0.2) is 46.8 Å². The van der Waals surface area contributed by atoms with Crippen molar-refractivity contribution < 1.29 is 23.4 Å². The van der Waals surface area contributed by atoms with Gasteiger partial charge in [0, 0.05) is 19.6 Å². The fraction of sp³-hybridized carbons (Fsp3) is 0.917. The van der Waals surface area contributed by atoms with Crippen LogP contribution in [0.25, 0.3) is 0 Å². The number of carbonyl (C=O) groups is 1. The molecule has 0 aliphatic carbocycles. The number of nitrogens with zero attached hydrogens (tertiary/aromatic N) is 1. The molecule has 0 radical (unpaired) electrons. The number of likely N-dealkylation sites (tertiary alicyclic amines) is 1. The highest BCUT2D eigenvalue weighted by molar-refractivity contribution is 5.69. The maximum atomic E-state index is 13.8. The van der Waals surface area contributed by atoms with Crippen LogP contribution in [0.15, 0.2) is 0 Å². The number of amides is 1. The number of carbonyl (C=O) groups excluding carboxylic acids is 1. The first kappa shape index (κ1) is 15.1. The van der Waals surface area contributed by atoms with Gasteiger partial charge >= 0.3 is 6.09 Å². The molecule has 1 saturated heterocycles. The maximum Gasteiger partial charge on any atom is 0.410 e. The fourth-order valence-electron chi connectivity index (χ4n) is 2.06. The van der Waals surface area contributed by atoms with E-state index in [9.17, 15) is 13.6 Å². The smallest absolute Gasteiger partial charge is 0.410 e. The van der Waals surface area contributed by atoms with Gasteiger partial charge in [-0.3, -0.25) is 4.90 Å². The van der Waals surface area contributed by atoms with Crippen LogP contribution in [0.2, 0.25) is 0 Å². The second-order valence-corrected chi connectivity index (χ2v) is 5.57. The lowest BCUT2D eigenvalue weighted by atomic mass is 10.0. The summed E-state index contributed by atoms with van der Waals surface area (Å²) in [4.78, 5) is 12.9. The van der Waals surface area contributed by atoms with Gasteiger partial charge in [-0.15, -0.1) is 0 Å². The predicted octanol–water partition coefficient (Wildman–Crippen LogP) is 2.40. The van der Waals surface area contributed by atoms with Crippen molar-refractivity contribution >= 4 is 6.09 Å². The third-order valence-electron chi connectivity index (χ3n) is 2.81. The van der Waals surface area contributed by atoms with E-state index in [0.717, 1.165) is 4.90 Å². The highest BCUT2D eigenvalue weighted by Crippen LogP contribution is 2.34. The number of aliphatic hydroxyl groups is 1. The van der Waals surface area contributed by atoms with E-state index in [1.54, 1.807) is 20.8 Å². The minimum Gasteiger partial charge on any atom is -0.444 e. The van der Waals surface area contributed by atoms with Gasteiger partial charge in [0.25, 0.3) is 5.92 Å². The molecule has 0 saturated carbocycles. The van der Waals surface area contributed by atoms with E-state index < -0.39 is 36.7 Å². The van der Waals surface area contributed by atoms with Gasteiger partial charge in [-0.25, -0.2) is 13.6 Å². The summed E-state index contributed by atoms with van der Waals surface area (Å²) in [5.74, 6) is -3.07. The fourth-order valence-corrected chi connectivity index (χ4v) is 2.06. The molecular weight excluding hydrogens is 244 g/mol. The van der Waals surface area contributed by atoms with Gasteiger partial charge in [-0.05, 0) is 33.6 Å². The zero-order valence-electron chi connectivity index (χ0n) is 11.1. The normalized spacial score (nSPS) is 21.2. The summed E-state index contributed by atoms with van der Waals surface area (Å²) in [7, 11) is 0. The summed E-state index contributed by atoms with van der Waals surface area (Å²) in [5, 5.41) is 8.66. The molecule has 0 aromatic carbocycles. The van der Waals surface area contributed by atoms with Gasteiger partial charge in [-0.2, -0.15) is 0 Å². The lowest BCUT2D eigenvalue weighted by Gasteiger charge is -2.32. The van der Waals surface area contributed by atoms with E-state index in [4.69, 9.17) is 9.84 Å². The molecule has 0 bridgehead atoms. The van der Waals surface area contributed by atoms with E-state index in [1.807, 2.05) is 0 Å². The largest absolute Gasteiger partial charge is 0.444 e. The first-order chi connectivity index (χ1) is 8.17. The van der Waals surface area contributed by atoms with E-state index in [1.165, 1.54) is 0 Å². The lowest BCUT2D eigenvalue weighted by molar-refractivity contribution is -0.0852. The summed E-state index contributed by atoms with van der Waals surface area (Å²) in [6, 6.07) is -1.17. The maximum absolute atomic E-state index is 13.8. The minimum absolute atomic E-state index is 0.242. The highest BCUT2D eigenvalue weighted by Gasteiger charge is 2.47. The average molecular weight is 265 g/mol. The van der Waals surface area contributed by atoms with E-state index in [2.05, 4.69) is 0 Å². The van der Waals surface area contributed by atoms with E-state index in [0.29, 0.717) is 6.42 Å². The molecule has 4 nitrogen and oxygen atoms in total. The molecule has 0 aromatic rings. The van der Waals surface area contributed by atoms with Crippen LogP contribution in [0.4, 0.5) is 13.6 Å². The van der Waals surface area contributed by atoms with E-state index in [-0.39, 0.29) is 13.0 Å². The Balaban J connectivity index is 2.73. The summed E-state index contributed by atoms with van der Waals surface area (Å²) >= 11 is 0. The van der Waals surface area contributed by atoms with Crippen LogP contribution < -0.4 is 0 Å². The van der Waals surface area contributed by atoms with Crippen molar-refractivity contribution in [2.24, 2.45) is 0 Å². The second-order valence-electron chi connectivity index (χ2n) is 5.57. The molecule has 1 rings (SSSR count). The van der Waals surface area contributed by atoms with Gasteiger partial charge in [0.05, 0.1) is 6.04 Å². The molecule has 106 valence electrons. The van der Waals surface area contributed by atoms with Crippen molar-refractivity contribution in [3.63, 3.8) is 0 Å². The Labute approximate surface area is 106 Å². The van der Waals surface area contributed by atoms with Gasteiger partial charge in [-0.1, -0.05) is 0 Å². The number of hydrogen-bond donors (Lipinski definition) is 1. The Kier molecular flexibility index (Phi) is 4.53. The molecule has 1 heterocycles. The van der Waals surface area contributed by atoms with Crippen molar-refractivity contribution in [3.05, 3.63) is 0 Å². The summed E-state index contributed by atoms with van der Waals surface area (Å²) in [6.07, 6.45) is -0.559. The number of ether oxygens (including phenoxy) is 1. The van der Waals surface area contributed by atoms with Crippen molar-refractivity contribution in [1.29, 1.82) is 0 Å². The molecule has 1 atom stereocenters. The Bertz CT molecular complexity index is 302. The van der Waals surface area contributed by atoms with Gasteiger partial charge in [0.2, 0.25) is 0 Å². The van der Waals surface area contributed by atoms with Gasteiger partial charge in [0.15, 0.2) is 0 Å². The number of alkyl halides is 2. The number of hydrogen-bond acceptors (Lipinski definition) is 3. The molecule has 0 aromatic heterocycles. The van der Waals surface area contributed by atoms with Gasteiger partial charge < -0.3 is 9.84 Å². The van der Waals surface area contributed by atoms with Crippen molar-refractivity contribution in [3.8, 4) is 0 Å². The molecule has 1 amide bonds. The first-order valence-corrected chi connectivity index (χ1v) is 6.16. The molecule has 1 aliphatic rings. The summed E-state index contributed by atoms with van der Waals surface area (Å²) in [6.45, 7) is 4.78. The highest BCUT2D eigenvalue weighted by atomic mass is 19.3. The number of aliphatic hydroxyl groups excluding tert-OH is 1. The Morgan fingerprint density at radius 2 is 2.06 bits per heavy atom.